The van der Waals surface area contributed by atoms with E-state index in [1.165, 1.54) is 7.11 Å². The minimum absolute atomic E-state index is 0.0769. The molecule has 0 aliphatic heterocycles. The van der Waals surface area contributed by atoms with E-state index in [2.05, 4.69) is 33.5 Å². The number of nitrogens with one attached hydrogen (secondary N) is 1. The van der Waals surface area contributed by atoms with Gasteiger partial charge in [-0.2, -0.15) is 0 Å². The average Bonchev–Trinajstić information content (AvgIpc) is 3.08. The van der Waals surface area contributed by atoms with Gasteiger partial charge in [0.25, 0.3) is 0 Å². The molecular weight excluding hydrogens is 334 g/mol. The lowest BCUT2D eigenvalue weighted by Gasteiger charge is -2.08. The fourth-order valence-electron chi connectivity index (χ4n) is 2.60. The third kappa shape index (κ3) is 2.99. The van der Waals surface area contributed by atoms with Crippen LogP contribution in [0, 0.1) is 0 Å². The molecule has 0 aliphatic rings. The molecule has 2 heterocycles. The molecule has 0 saturated carbocycles. The fraction of sp³-hybridized carbons (Fsp3) is 0.0526. The van der Waals surface area contributed by atoms with Gasteiger partial charge in [0.1, 0.15) is 17.0 Å². The van der Waals surface area contributed by atoms with Crippen molar-refractivity contribution in [3.8, 4) is 21.9 Å². The topological polar surface area (TPSA) is 67.3 Å². The van der Waals surface area contributed by atoms with Gasteiger partial charge in [0.05, 0.1) is 12.5 Å². The Morgan fingerprint density at radius 3 is 2.64 bits per heavy atom. The van der Waals surface area contributed by atoms with E-state index in [0.717, 1.165) is 26.3 Å². The zero-order valence-corrected chi connectivity index (χ0v) is 14.2. The molecule has 2 aromatic heterocycles. The summed E-state index contributed by atoms with van der Waals surface area (Å²) in [5, 5.41) is 14.1. The number of rotatable bonds is 4. The van der Waals surface area contributed by atoms with Gasteiger partial charge in [0.2, 0.25) is 0 Å². The van der Waals surface area contributed by atoms with Crippen LogP contribution in [0.1, 0.15) is 0 Å². The first-order valence-electron chi connectivity index (χ1n) is 7.68. The second-order valence-electron chi connectivity index (χ2n) is 5.43. The number of ether oxygens (including phenoxy) is 1. The lowest BCUT2D eigenvalue weighted by molar-refractivity contribution is 0.373. The summed E-state index contributed by atoms with van der Waals surface area (Å²) in [5.74, 6) is 1.21. The third-order valence-corrected chi connectivity index (χ3v) is 4.92. The monoisotopic (exact) mass is 349 g/mol. The van der Waals surface area contributed by atoms with Crippen LogP contribution in [0.5, 0.6) is 11.5 Å². The van der Waals surface area contributed by atoms with Crippen molar-refractivity contribution in [2.24, 2.45) is 0 Å². The number of aromatic hydroxyl groups is 1. The first kappa shape index (κ1) is 15.4. The Morgan fingerprint density at radius 1 is 1.04 bits per heavy atom. The maximum absolute atomic E-state index is 9.94. The van der Waals surface area contributed by atoms with E-state index >= 15 is 0 Å². The standard InChI is InChI=1S/C19H15N3O2S/c1-24-16-8-7-13(9-15(16)23)22-18-14-10-17(12-5-3-2-4-6-12)25-19(14)21-11-20-18/h2-11,23H,1H3,(H,20,21,22). The smallest absolute Gasteiger partial charge is 0.160 e. The zero-order valence-electron chi connectivity index (χ0n) is 13.4. The van der Waals surface area contributed by atoms with Crippen molar-refractivity contribution < 1.29 is 9.84 Å². The molecular formula is C19H15N3O2S. The van der Waals surface area contributed by atoms with Gasteiger partial charge >= 0.3 is 0 Å². The van der Waals surface area contributed by atoms with Gasteiger partial charge in [-0.25, -0.2) is 9.97 Å². The number of fused-ring (bicyclic) bond motifs is 1. The summed E-state index contributed by atoms with van der Waals surface area (Å²) in [7, 11) is 1.52. The van der Waals surface area contributed by atoms with Crippen molar-refractivity contribution in [1.82, 2.24) is 9.97 Å². The Kier molecular flexibility index (Phi) is 3.95. The van der Waals surface area contributed by atoms with Crippen LogP contribution in [0.3, 0.4) is 0 Å². The summed E-state index contributed by atoms with van der Waals surface area (Å²) in [5.41, 5.74) is 1.88. The molecule has 0 aliphatic carbocycles. The summed E-state index contributed by atoms with van der Waals surface area (Å²) < 4.78 is 5.07. The molecule has 0 fully saturated rings. The van der Waals surface area contributed by atoms with E-state index in [4.69, 9.17) is 4.74 Å². The van der Waals surface area contributed by atoms with E-state index in [0.29, 0.717) is 11.6 Å². The fourth-order valence-corrected chi connectivity index (χ4v) is 3.61. The van der Waals surface area contributed by atoms with Crippen molar-refractivity contribution in [2.75, 3.05) is 12.4 Å². The minimum Gasteiger partial charge on any atom is -0.504 e. The second-order valence-corrected chi connectivity index (χ2v) is 6.46. The normalized spacial score (nSPS) is 10.8. The maximum atomic E-state index is 9.94. The number of nitrogens with zero attached hydrogens (tertiary/aromatic N) is 2. The first-order chi connectivity index (χ1) is 12.2. The number of phenols is 1. The van der Waals surface area contributed by atoms with Gasteiger partial charge in [-0.15, -0.1) is 11.3 Å². The van der Waals surface area contributed by atoms with E-state index < -0.39 is 0 Å². The molecule has 4 aromatic rings. The first-order valence-corrected chi connectivity index (χ1v) is 8.50. The maximum Gasteiger partial charge on any atom is 0.160 e. The molecule has 0 amide bonds. The van der Waals surface area contributed by atoms with Gasteiger partial charge in [0, 0.05) is 16.6 Å². The predicted octanol–water partition coefficient (Wildman–Crippen LogP) is 4.82. The van der Waals surface area contributed by atoms with E-state index in [1.807, 2.05) is 24.3 Å². The number of aromatic nitrogens is 2. The SMILES string of the molecule is COc1ccc(Nc2ncnc3sc(-c4ccccc4)cc23)cc1O. The molecule has 0 saturated heterocycles. The van der Waals surface area contributed by atoms with Gasteiger partial charge in [-0.1, -0.05) is 30.3 Å². The largest absolute Gasteiger partial charge is 0.504 e. The summed E-state index contributed by atoms with van der Waals surface area (Å²) in [4.78, 5) is 10.8. The minimum atomic E-state index is 0.0769. The number of hydrogen-bond donors (Lipinski definition) is 2. The number of phenolic OH excluding ortho intramolecular Hbond substituents is 1. The molecule has 0 bridgehead atoms. The van der Waals surface area contributed by atoms with E-state index in [-0.39, 0.29) is 5.75 Å². The molecule has 0 spiro atoms. The highest BCUT2D eigenvalue weighted by molar-refractivity contribution is 7.21. The Labute approximate surface area is 148 Å². The van der Waals surface area contributed by atoms with Crippen LogP contribution in [-0.2, 0) is 0 Å². The number of thiophene rings is 1. The summed E-state index contributed by atoms with van der Waals surface area (Å²) in [6, 6.07) is 17.4. The molecule has 124 valence electrons. The number of anilines is 2. The number of hydrogen-bond acceptors (Lipinski definition) is 6. The molecule has 25 heavy (non-hydrogen) atoms. The Balaban J connectivity index is 1.73. The highest BCUT2D eigenvalue weighted by Crippen LogP contribution is 2.36. The Bertz CT molecular complexity index is 1030. The predicted molar refractivity (Wildman–Crippen MR) is 101 cm³/mol. The van der Waals surface area contributed by atoms with Crippen molar-refractivity contribution in [3.63, 3.8) is 0 Å². The van der Waals surface area contributed by atoms with E-state index in [9.17, 15) is 5.11 Å². The van der Waals surface area contributed by atoms with Crippen molar-refractivity contribution >= 4 is 33.1 Å². The lowest BCUT2D eigenvalue weighted by atomic mass is 10.2. The van der Waals surface area contributed by atoms with E-state index in [1.54, 1.807) is 29.8 Å². The highest BCUT2D eigenvalue weighted by Gasteiger charge is 2.11. The van der Waals surface area contributed by atoms with Gasteiger partial charge in [-0.05, 0) is 23.8 Å². The van der Waals surface area contributed by atoms with Crippen LogP contribution < -0.4 is 10.1 Å². The van der Waals surface area contributed by atoms with Gasteiger partial charge < -0.3 is 15.2 Å². The van der Waals surface area contributed by atoms with Crippen LogP contribution in [-0.4, -0.2) is 22.2 Å². The molecule has 6 heteroatoms. The second kappa shape index (κ2) is 6.41. The highest BCUT2D eigenvalue weighted by atomic mass is 32.1. The molecule has 4 rings (SSSR count). The molecule has 0 radical (unpaired) electrons. The lowest BCUT2D eigenvalue weighted by Crippen LogP contribution is -1.95. The number of methoxy groups -OCH3 is 1. The van der Waals surface area contributed by atoms with Crippen LogP contribution in [0.15, 0.2) is 60.9 Å². The molecule has 0 unspecified atom stereocenters. The van der Waals surface area contributed by atoms with Gasteiger partial charge in [0.15, 0.2) is 11.5 Å². The zero-order chi connectivity index (χ0) is 17.2. The molecule has 5 nitrogen and oxygen atoms in total. The van der Waals surface area contributed by atoms with Crippen molar-refractivity contribution in [3.05, 3.63) is 60.9 Å². The van der Waals surface area contributed by atoms with Crippen LogP contribution in [0.25, 0.3) is 20.7 Å². The van der Waals surface area contributed by atoms with Crippen LogP contribution >= 0.6 is 11.3 Å². The summed E-state index contributed by atoms with van der Waals surface area (Å²) in [6.45, 7) is 0. The van der Waals surface area contributed by atoms with Crippen LogP contribution in [0.2, 0.25) is 0 Å². The van der Waals surface area contributed by atoms with Crippen molar-refractivity contribution in [2.45, 2.75) is 0 Å². The van der Waals surface area contributed by atoms with Crippen LogP contribution in [0.4, 0.5) is 11.5 Å². The number of benzene rings is 2. The van der Waals surface area contributed by atoms with Gasteiger partial charge in [-0.3, -0.25) is 0 Å². The quantitative estimate of drug-likeness (QED) is 0.553. The Hall–Kier alpha value is -3.12. The molecule has 2 N–H and O–H groups in total. The third-order valence-electron chi connectivity index (χ3n) is 3.83. The Morgan fingerprint density at radius 2 is 1.88 bits per heavy atom. The van der Waals surface area contributed by atoms with Crippen molar-refractivity contribution in [1.29, 1.82) is 0 Å². The summed E-state index contributed by atoms with van der Waals surface area (Å²) in [6.07, 6.45) is 1.54. The average molecular weight is 349 g/mol. The molecule has 2 aromatic carbocycles. The summed E-state index contributed by atoms with van der Waals surface area (Å²) >= 11 is 1.62. The molecule has 0 atom stereocenters.